The Bertz CT molecular complexity index is 281. The van der Waals surface area contributed by atoms with Gasteiger partial charge in [-0.15, -0.1) is 0 Å². The van der Waals surface area contributed by atoms with Crippen molar-refractivity contribution >= 4 is 5.91 Å². The van der Waals surface area contributed by atoms with Crippen molar-refractivity contribution < 1.29 is 4.79 Å². The monoisotopic (exact) mass is 280 g/mol. The Hall–Kier alpha value is -0.570. The average molecular weight is 280 g/mol. The minimum Gasteiger partial charge on any atom is -0.338 e. The molecule has 0 aromatic carbocycles. The smallest absolute Gasteiger partial charge is 0.222 e. The van der Waals surface area contributed by atoms with Crippen molar-refractivity contribution in [1.29, 1.82) is 0 Å². The first-order chi connectivity index (χ1) is 9.81. The zero-order valence-corrected chi connectivity index (χ0v) is 13.2. The molecule has 1 aliphatic heterocycles. The Labute approximate surface area is 124 Å². The van der Waals surface area contributed by atoms with E-state index in [1.165, 1.54) is 44.9 Å². The van der Waals surface area contributed by atoms with E-state index in [1.807, 2.05) is 0 Å². The van der Waals surface area contributed by atoms with Crippen LogP contribution in [0.4, 0.5) is 0 Å². The summed E-state index contributed by atoms with van der Waals surface area (Å²) in [5.74, 6) is 1.23. The van der Waals surface area contributed by atoms with Gasteiger partial charge in [-0.3, -0.25) is 4.79 Å². The Balaban J connectivity index is 1.79. The molecule has 2 rings (SSSR count). The van der Waals surface area contributed by atoms with Gasteiger partial charge in [0.1, 0.15) is 0 Å². The van der Waals surface area contributed by atoms with E-state index in [9.17, 15) is 4.79 Å². The lowest BCUT2D eigenvalue weighted by Gasteiger charge is -2.35. The second-order valence-corrected chi connectivity index (χ2v) is 6.63. The molecule has 1 atom stereocenters. The van der Waals surface area contributed by atoms with E-state index in [-0.39, 0.29) is 0 Å². The fourth-order valence-electron chi connectivity index (χ4n) is 3.80. The van der Waals surface area contributed by atoms with Gasteiger partial charge in [0.15, 0.2) is 0 Å². The predicted octanol–water partition coefficient (Wildman–Crippen LogP) is 3.34. The van der Waals surface area contributed by atoms with Gasteiger partial charge in [0.25, 0.3) is 0 Å². The van der Waals surface area contributed by atoms with E-state index < -0.39 is 0 Å². The quantitative estimate of drug-likeness (QED) is 0.809. The van der Waals surface area contributed by atoms with Crippen LogP contribution in [0.1, 0.15) is 71.1 Å². The molecule has 0 spiro atoms. The second-order valence-electron chi connectivity index (χ2n) is 6.63. The van der Waals surface area contributed by atoms with Gasteiger partial charge in [-0.2, -0.15) is 0 Å². The molecule has 1 N–H and O–H groups in total. The summed E-state index contributed by atoms with van der Waals surface area (Å²) in [5.41, 5.74) is 0. The molecule has 20 heavy (non-hydrogen) atoms. The van der Waals surface area contributed by atoms with Crippen LogP contribution >= 0.6 is 0 Å². The zero-order chi connectivity index (χ0) is 14.2. The van der Waals surface area contributed by atoms with Gasteiger partial charge < -0.3 is 10.2 Å². The molecule has 1 saturated heterocycles. The fourth-order valence-corrected chi connectivity index (χ4v) is 3.80. The molecule has 0 aromatic heterocycles. The van der Waals surface area contributed by atoms with Crippen molar-refractivity contribution in [2.24, 2.45) is 5.92 Å². The zero-order valence-electron chi connectivity index (χ0n) is 13.2. The van der Waals surface area contributed by atoms with E-state index >= 15 is 0 Å². The molecule has 2 aliphatic rings. The van der Waals surface area contributed by atoms with Gasteiger partial charge in [-0.05, 0) is 38.1 Å². The number of rotatable bonds is 6. The van der Waals surface area contributed by atoms with E-state index in [0.717, 1.165) is 44.8 Å². The van der Waals surface area contributed by atoms with Gasteiger partial charge in [-0.1, -0.05) is 39.0 Å². The van der Waals surface area contributed by atoms with Crippen molar-refractivity contribution in [2.75, 3.05) is 19.6 Å². The SMILES string of the molecule is CCCN(C(=O)CCC1CCCCC1)C1CCCNC1. The predicted molar refractivity (Wildman–Crippen MR) is 83.7 cm³/mol. The number of nitrogens with zero attached hydrogens (tertiary/aromatic N) is 1. The maximum absolute atomic E-state index is 12.6. The number of hydrogen-bond donors (Lipinski definition) is 1. The highest BCUT2D eigenvalue weighted by atomic mass is 16.2. The van der Waals surface area contributed by atoms with Crippen LogP contribution in [0.2, 0.25) is 0 Å². The van der Waals surface area contributed by atoms with Crippen LogP contribution in [0, 0.1) is 5.92 Å². The highest BCUT2D eigenvalue weighted by Crippen LogP contribution is 2.27. The molecule has 116 valence electrons. The van der Waals surface area contributed by atoms with Gasteiger partial charge >= 0.3 is 0 Å². The molecule has 1 saturated carbocycles. The van der Waals surface area contributed by atoms with Gasteiger partial charge in [-0.25, -0.2) is 0 Å². The molecule has 0 bridgehead atoms. The maximum Gasteiger partial charge on any atom is 0.222 e. The number of carbonyl (C=O) groups excluding carboxylic acids is 1. The minimum atomic E-state index is 0.408. The van der Waals surface area contributed by atoms with Crippen molar-refractivity contribution in [3.63, 3.8) is 0 Å². The van der Waals surface area contributed by atoms with Crippen LogP contribution in [-0.2, 0) is 4.79 Å². The first kappa shape index (κ1) is 15.8. The Morgan fingerprint density at radius 1 is 1.15 bits per heavy atom. The third-order valence-electron chi connectivity index (χ3n) is 4.99. The topological polar surface area (TPSA) is 32.3 Å². The lowest BCUT2D eigenvalue weighted by Crippen LogP contribution is -2.49. The standard InChI is InChI=1S/C17H32N2O/c1-2-13-19(16-9-6-12-18-14-16)17(20)11-10-15-7-4-3-5-8-15/h15-16,18H,2-14H2,1H3. The molecule has 0 radical (unpaired) electrons. The third-order valence-corrected chi connectivity index (χ3v) is 4.99. The first-order valence-corrected chi connectivity index (χ1v) is 8.81. The molecule has 3 nitrogen and oxygen atoms in total. The molecule has 1 aliphatic carbocycles. The average Bonchev–Trinajstić information content (AvgIpc) is 2.52. The minimum absolute atomic E-state index is 0.408. The molecule has 0 aromatic rings. The van der Waals surface area contributed by atoms with Crippen LogP contribution < -0.4 is 5.32 Å². The molecular weight excluding hydrogens is 248 g/mol. The maximum atomic E-state index is 12.6. The summed E-state index contributed by atoms with van der Waals surface area (Å²) in [6.07, 6.45) is 12.2. The van der Waals surface area contributed by atoms with E-state index in [0.29, 0.717) is 11.9 Å². The highest BCUT2D eigenvalue weighted by Gasteiger charge is 2.25. The van der Waals surface area contributed by atoms with Crippen LogP contribution in [0.15, 0.2) is 0 Å². The summed E-state index contributed by atoms with van der Waals surface area (Å²) in [7, 11) is 0. The Kier molecular flexibility index (Phi) is 6.85. The third kappa shape index (κ3) is 4.76. The van der Waals surface area contributed by atoms with Crippen molar-refractivity contribution in [3.8, 4) is 0 Å². The van der Waals surface area contributed by atoms with E-state index in [1.54, 1.807) is 0 Å². The van der Waals surface area contributed by atoms with E-state index in [2.05, 4.69) is 17.1 Å². The molecule has 1 heterocycles. The van der Waals surface area contributed by atoms with Crippen LogP contribution in [-0.4, -0.2) is 36.5 Å². The summed E-state index contributed by atoms with van der Waals surface area (Å²) in [5, 5.41) is 3.44. The molecule has 1 unspecified atom stereocenters. The molecule has 3 heteroatoms. The van der Waals surface area contributed by atoms with Crippen LogP contribution in [0.5, 0.6) is 0 Å². The number of nitrogens with one attached hydrogen (secondary N) is 1. The molecule has 1 amide bonds. The van der Waals surface area contributed by atoms with Crippen LogP contribution in [0.3, 0.4) is 0 Å². The molecule has 2 fully saturated rings. The Morgan fingerprint density at radius 2 is 1.95 bits per heavy atom. The lowest BCUT2D eigenvalue weighted by molar-refractivity contribution is -0.134. The van der Waals surface area contributed by atoms with Gasteiger partial charge in [0.05, 0.1) is 0 Å². The van der Waals surface area contributed by atoms with Gasteiger partial charge in [0.2, 0.25) is 5.91 Å². The van der Waals surface area contributed by atoms with Gasteiger partial charge in [0, 0.05) is 25.6 Å². The van der Waals surface area contributed by atoms with E-state index in [4.69, 9.17) is 0 Å². The van der Waals surface area contributed by atoms with Crippen LogP contribution in [0.25, 0.3) is 0 Å². The lowest BCUT2D eigenvalue weighted by atomic mass is 9.86. The van der Waals surface area contributed by atoms with Crippen molar-refractivity contribution in [1.82, 2.24) is 10.2 Å². The van der Waals surface area contributed by atoms with Crippen molar-refractivity contribution in [2.45, 2.75) is 77.2 Å². The second kappa shape index (κ2) is 8.66. The summed E-state index contributed by atoms with van der Waals surface area (Å²) >= 11 is 0. The fraction of sp³-hybridized carbons (Fsp3) is 0.941. The summed E-state index contributed by atoms with van der Waals surface area (Å²) in [6, 6.07) is 0.447. The molecular formula is C17H32N2O. The first-order valence-electron chi connectivity index (χ1n) is 8.81. The van der Waals surface area contributed by atoms with Crippen molar-refractivity contribution in [3.05, 3.63) is 0 Å². The number of hydrogen-bond acceptors (Lipinski definition) is 2. The number of amides is 1. The Morgan fingerprint density at radius 3 is 2.60 bits per heavy atom. The number of piperidine rings is 1. The number of carbonyl (C=O) groups is 1. The summed E-state index contributed by atoms with van der Waals surface area (Å²) < 4.78 is 0. The summed E-state index contributed by atoms with van der Waals surface area (Å²) in [6.45, 7) is 5.23. The summed E-state index contributed by atoms with van der Waals surface area (Å²) in [4.78, 5) is 14.7. The largest absolute Gasteiger partial charge is 0.338 e. The highest BCUT2D eigenvalue weighted by molar-refractivity contribution is 5.76. The normalized spacial score (nSPS) is 24.6.